The first kappa shape index (κ1) is 20.1. The van der Waals surface area contributed by atoms with E-state index < -0.39 is 0 Å². The Morgan fingerprint density at radius 2 is 2.07 bits per heavy atom. The minimum absolute atomic E-state index is 0.133. The molecule has 0 saturated carbocycles. The summed E-state index contributed by atoms with van der Waals surface area (Å²) in [6.07, 6.45) is 11.8. The summed E-state index contributed by atoms with van der Waals surface area (Å²) in [7, 11) is 1.67. The Morgan fingerprint density at radius 3 is 2.83 bits per heavy atom. The van der Waals surface area contributed by atoms with E-state index in [-0.39, 0.29) is 6.04 Å². The van der Waals surface area contributed by atoms with E-state index in [0.29, 0.717) is 26.4 Å². The Labute approximate surface area is 176 Å². The summed E-state index contributed by atoms with van der Waals surface area (Å²) in [6, 6.07) is 9.86. The minimum Gasteiger partial charge on any atom is -0.463 e. The molecule has 0 bridgehead atoms. The third-order valence-corrected chi connectivity index (χ3v) is 4.89. The first-order chi connectivity index (χ1) is 14.8. The number of furan rings is 1. The molecule has 0 amide bonds. The number of methoxy groups -OCH3 is 1. The molecular weight excluding hydrogens is 380 g/mol. The fraction of sp³-hybridized carbons (Fsp3) is 0.304. The van der Waals surface area contributed by atoms with Crippen LogP contribution in [-0.4, -0.2) is 47.7 Å². The van der Waals surface area contributed by atoms with Gasteiger partial charge in [-0.2, -0.15) is 5.10 Å². The number of anilines is 1. The highest BCUT2D eigenvalue weighted by atomic mass is 16.5. The number of rotatable bonds is 9. The molecule has 30 heavy (non-hydrogen) atoms. The van der Waals surface area contributed by atoms with Crippen molar-refractivity contribution in [2.75, 3.05) is 31.8 Å². The van der Waals surface area contributed by atoms with Crippen molar-refractivity contribution in [3.8, 4) is 11.4 Å². The average Bonchev–Trinajstić information content (AvgIpc) is 3.44. The highest BCUT2D eigenvalue weighted by Crippen LogP contribution is 2.37. The number of hydrogen-bond donors (Lipinski definition) is 0. The Hall–Kier alpha value is -3.16. The van der Waals surface area contributed by atoms with Gasteiger partial charge in [-0.3, -0.25) is 9.67 Å². The van der Waals surface area contributed by atoms with Crippen molar-refractivity contribution in [1.29, 1.82) is 0 Å². The lowest BCUT2D eigenvalue weighted by atomic mass is 10.1. The van der Waals surface area contributed by atoms with Gasteiger partial charge in [-0.15, -0.1) is 0 Å². The van der Waals surface area contributed by atoms with Gasteiger partial charge in [-0.25, -0.2) is 0 Å². The number of allylic oxidation sites excluding steroid dienone is 2. The number of ether oxygens (including phenoxy) is 2. The zero-order valence-corrected chi connectivity index (χ0v) is 17.3. The molecule has 3 aromatic rings. The summed E-state index contributed by atoms with van der Waals surface area (Å²) in [5.41, 5.74) is 3.62. The van der Waals surface area contributed by atoms with Gasteiger partial charge in [-0.1, -0.05) is 18.2 Å². The maximum Gasteiger partial charge on any atom is 0.150 e. The predicted octanol–water partition coefficient (Wildman–Crippen LogP) is 4.01. The van der Waals surface area contributed by atoms with Gasteiger partial charge in [0.05, 0.1) is 49.7 Å². The Morgan fingerprint density at radius 1 is 1.13 bits per heavy atom. The molecule has 0 saturated heterocycles. The highest BCUT2D eigenvalue weighted by molar-refractivity contribution is 5.86. The standard InChI is InChI=1S/C23H26N4O3/c1-18-7-5-9-20(22-10-6-13-30-22)27(18)21-17-26(12-14-29-16-15-28-2)25-23(21)19-8-3-4-11-24-19/h3-11,13,17-18H,12,14-16H2,1-2H3. The number of aromatic nitrogens is 3. The lowest BCUT2D eigenvalue weighted by Crippen LogP contribution is -2.31. The summed E-state index contributed by atoms with van der Waals surface area (Å²) >= 11 is 0. The quantitative estimate of drug-likeness (QED) is 0.500. The molecule has 0 spiro atoms. The number of pyridine rings is 1. The van der Waals surface area contributed by atoms with E-state index in [1.807, 2.05) is 35.0 Å². The van der Waals surface area contributed by atoms with Crippen molar-refractivity contribution in [1.82, 2.24) is 14.8 Å². The second kappa shape index (κ2) is 9.56. The average molecular weight is 406 g/mol. The van der Waals surface area contributed by atoms with E-state index in [1.54, 1.807) is 19.6 Å². The highest BCUT2D eigenvalue weighted by Gasteiger charge is 2.27. The topological polar surface area (TPSA) is 65.6 Å². The van der Waals surface area contributed by atoms with Gasteiger partial charge < -0.3 is 18.8 Å². The smallest absolute Gasteiger partial charge is 0.150 e. The Bertz CT molecular complexity index is 993. The van der Waals surface area contributed by atoms with Gasteiger partial charge in [0.1, 0.15) is 11.5 Å². The molecule has 1 unspecified atom stereocenters. The van der Waals surface area contributed by atoms with Crippen LogP contribution in [0.15, 0.2) is 71.6 Å². The molecule has 1 aliphatic rings. The van der Waals surface area contributed by atoms with Crippen LogP contribution in [0.25, 0.3) is 17.1 Å². The van der Waals surface area contributed by atoms with Crippen LogP contribution in [-0.2, 0) is 16.0 Å². The molecule has 7 heteroatoms. The van der Waals surface area contributed by atoms with Crippen LogP contribution < -0.4 is 4.90 Å². The monoisotopic (exact) mass is 406 g/mol. The third kappa shape index (κ3) is 4.37. The van der Waals surface area contributed by atoms with Crippen molar-refractivity contribution >= 4 is 11.4 Å². The lowest BCUT2D eigenvalue weighted by molar-refractivity contribution is 0.0654. The van der Waals surface area contributed by atoms with Gasteiger partial charge >= 0.3 is 0 Å². The van der Waals surface area contributed by atoms with Crippen molar-refractivity contribution in [2.24, 2.45) is 0 Å². The molecule has 0 fully saturated rings. The third-order valence-electron chi connectivity index (χ3n) is 4.89. The first-order valence-corrected chi connectivity index (χ1v) is 10.0. The lowest BCUT2D eigenvalue weighted by Gasteiger charge is -2.32. The number of hydrogen-bond acceptors (Lipinski definition) is 6. The largest absolute Gasteiger partial charge is 0.463 e. The molecule has 3 aromatic heterocycles. The van der Waals surface area contributed by atoms with Crippen LogP contribution >= 0.6 is 0 Å². The summed E-state index contributed by atoms with van der Waals surface area (Å²) in [5, 5.41) is 4.84. The van der Waals surface area contributed by atoms with Crippen LogP contribution in [0.4, 0.5) is 5.69 Å². The maximum atomic E-state index is 5.71. The molecule has 4 heterocycles. The zero-order chi connectivity index (χ0) is 20.8. The van der Waals surface area contributed by atoms with E-state index in [4.69, 9.17) is 19.0 Å². The van der Waals surface area contributed by atoms with Crippen LogP contribution in [0.3, 0.4) is 0 Å². The number of nitrogens with zero attached hydrogens (tertiary/aromatic N) is 4. The van der Waals surface area contributed by atoms with Crippen LogP contribution in [0, 0.1) is 0 Å². The summed E-state index contributed by atoms with van der Waals surface area (Å²) in [4.78, 5) is 6.77. The van der Waals surface area contributed by atoms with E-state index in [1.165, 1.54) is 0 Å². The van der Waals surface area contributed by atoms with Gasteiger partial charge in [0.25, 0.3) is 0 Å². The fourth-order valence-corrected chi connectivity index (χ4v) is 3.46. The first-order valence-electron chi connectivity index (χ1n) is 10.0. The van der Waals surface area contributed by atoms with Crippen molar-refractivity contribution < 1.29 is 13.9 Å². The van der Waals surface area contributed by atoms with Crippen LogP contribution in [0.5, 0.6) is 0 Å². The normalized spacial score (nSPS) is 16.1. The summed E-state index contributed by atoms with van der Waals surface area (Å²) in [6.45, 7) is 4.50. The van der Waals surface area contributed by atoms with Crippen LogP contribution in [0.1, 0.15) is 12.7 Å². The van der Waals surface area contributed by atoms with E-state index >= 15 is 0 Å². The SMILES string of the molecule is COCCOCCn1cc(N2C(c3ccco3)=CC=CC2C)c(-c2ccccn2)n1. The molecule has 0 aromatic carbocycles. The molecule has 1 atom stereocenters. The second-order valence-electron chi connectivity index (χ2n) is 6.97. The minimum atomic E-state index is 0.133. The molecule has 7 nitrogen and oxygen atoms in total. The van der Waals surface area contributed by atoms with Crippen molar-refractivity contribution in [2.45, 2.75) is 19.5 Å². The molecular formula is C23H26N4O3. The second-order valence-corrected chi connectivity index (χ2v) is 6.97. The van der Waals surface area contributed by atoms with Gasteiger partial charge in [-0.05, 0) is 37.3 Å². The Balaban J connectivity index is 1.68. The van der Waals surface area contributed by atoms with E-state index in [9.17, 15) is 0 Å². The Kier molecular flexibility index (Phi) is 6.41. The van der Waals surface area contributed by atoms with E-state index in [0.717, 1.165) is 28.5 Å². The fourth-order valence-electron chi connectivity index (χ4n) is 3.46. The molecule has 156 valence electrons. The molecule has 1 aliphatic heterocycles. The summed E-state index contributed by atoms with van der Waals surface area (Å²) < 4.78 is 18.3. The maximum absolute atomic E-state index is 5.71. The van der Waals surface area contributed by atoms with Crippen molar-refractivity contribution in [3.05, 3.63) is 73.0 Å². The molecule has 0 aliphatic carbocycles. The van der Waals surface area contributed by atoms with Gasteiger partial charge in [0.15, 0.2) is 0 Å². The zero-order valence-electron chi connectivity index (χ0n) is 17.3. The van der Waals surface area contributed by atoms with E-state index in [2.05, 4.69) is 41.2 Å². The molecule has 4 rings (SSSR count). The predicted molar refractivity (Wildman–Crippen MR) is 116 cm³/mol. The van der Waals surface area contributed by atoms with Gasteiger partial charge in [0, 0.05) is 25.5 Å². The van der Waals surface area contributed by atoms with Crippen LogP contribution in [0.2, 0.25) is 0 Å². The molecule has 0 radical (unpaired) electrons. The van der Waals surface area contributed by atoms with Gasteiger partial charge in [0.2, 0.25) is 0 Å². The molecule has 0 N–H and O–H groups in total. The summed E-state index contributed by atoms with van der Waals surface area (Å²) in [5.74, 6) is 0.814. The van der Waals surface area contributed by atoms with Crippen molar-refractivity contribution in [3.63, 3.8) is 0 Å².